The largest absolute Gasteiger partial charge is 0.497 e. The monoisotopic (exact) mass is 333 g/mol. The Morgan fingerprint density at radius 3 is 2.54 bits per heavy atom. The molecule has 1 aromatic rings. The van der Waals surface area contributed by atoms with Gasteiger partial charge in [0.2, 0.25) is 0 Å². The van der Waals surface area contributed by atoms with Crippen LogP contribution in [0.1, 0.15) is 45.6 Å². The summed E-state index contributed by atoms with van der Waals surface area (Å²) < 4.78 is 17.1. The maximum Gasteiger partial charge on any atom is 0.410 e. The molecule has 0 aromatic heterocycles. The van der Waals surface area contributed by atoms with Gasteiger partial charge in [0.15, 0.2) is 0 Å². The number of benzene rings is 1. The number of aryl methyl sites for hydroxylation is 1. The Balaban J connectivity index is 1.63. The molecular weight excluding hydrogens is 306 g/mol. The minimum Gasteiger partial charge on any atom is -0.497 e. The van der Waals surface area contributed by atoms with Gasteiger partial charge in [-0.15, -0.1) is 0 Å². The Labute approximate surface area is 143 Å². The molecule has 3 rings (SSSR count). The number of carbonyl (C=O) groups is 1. The zero-order valence-corrected chi connectivity index (χ0v) is 15.1. The molecule has 1 saturated heterocycles. The number of nitrogens with zero attached hydrogens (tertiary/aromatic N) is 1. The number of ether oxygens (including phenoxy) is 3. The lowest BCUT2D eigenvalue weighted by molar-refractivity contribution is -0.0273. The summed E-state index contributed by atoms with van der Waals surface area (Å²) in [5.41, 5.74) is 0.598. The molecule has 1 amide bonds. The fourth-order valence-corrected chi connectivity index (χ4v) is 3.40. The number of methoxy groups -OCH3 is 1. The minimum atomic E-state index is -0.453. The lowest BCUT2D eigenvalue weighted by Crippen LogP contribution is -2.51. The standard InChI is InChI=1S/C19H27NO4/c1-18(2,3)24-17(21)20-11-9-19(10-12-20)8-7-14-13-15(22-4)5-6-16(14)23-19/h5-6,13H,7-12H2,1-4H3. The predicted molar refractivity (Wildman–Crippen MR) is 91.7 cm³/mol. The van der Waals surface area contributed by atoms with Crippen molar-refractivity contribution in [1.29, 1.82) is 0 Å². The zero-order valence-electron chi connectivity index (χ0n) is 15.1. The summed E-state index contributed by atoms with van der Waals surface area (Å²) in [6.45, 7) is 7.05. The van der Waals surface area contributed by atoms with Crippen molar-refractivity contribution in [2.75, 3.05) is 20.2 Å². The van der Waals surface area contributed by atoms with Crippen molar-refractivity contribution in [3.8, 4) is 11.5 Å². The molecule has 0 atom stereocenters. The lowest BCUT2D eigenvalue weighted by Gasteiger charge is -2.44. The SMILES string of the molecule is COc1ccc2c(c1)CCC1(CCN(C(=O)OC(C)(C)C)CC1)O2. The van der Waals surface area contributed by atoms with Crippen LogP contribution in [0, 0.1) is 0 Å². The molecule has 24 heavy (non-hydrogen) atoms. The molecule has 1 fully saturated rings. The Morgan fingerprint density at radius 1 is 1.21 bits per heavy atom. The maximum atomic E-state index is 12.2. The molecule has 1 spiro atoms. The summed E-state index contributed by atoms with van der Waals surface area (Å²) in [6, 6.07) is 5.99. The van der Waals surface area contributed by atoms with Gasteiger partial charge in [0.25, 0.3) is 0 Å². The first-order valence-corrected chi connectivity index (χ1v) is 8.64. The van der Waals surface area contributed by atoms with E-state index in [2.05, 4.69) is 6.07 Å². The molecule has 5 nitrogen and oxygen atoms in total. The van der Waals surface area contributed by atoms with E-state index in [4.69, 9.17) is 14.2 Å². The number of likely N-dealkylation sites (tertiary alicyclic amines) is 1. The van der Waals surface area contributed by atoms with Gasteiger partial charge in [-0.1, -0.05) is 0 Å². The van der Waals surface area contributed by atoms with Crippen LogP contribution < -0.4 is 9.47 Å². The van der Waals surface area contributed by atoms with Gasteiger partial charge in [-0.3, -0.25) is 0 Å². The number of amides is 1. The van der Waals surface area contributed by atoms with E-state index in [-0.39, 0.29) is 11.7 Å². The van der Waals surface area contributed by atoms with Crippen LogP contribution in [-0.4, -0.2) is 42.4 Å². The van der Waals surface area contributed by atoms with Gasteiger partial charge in [0, 0.05) is 25.9 Å². The smallest absolute Gasteiger partial charge is 0.410 e. The Hall–Kier alpha value is -1.91. The summed E-state index contributed by atoms with van der Waals surface area (Å²) in [5.74, 6) is 1.82. The first kappa shape index (κ1) is 16.9. The van der Waals surface area contributed by atoms with Gasteiger partial charge in [-0.25, -0.2) is 4.79 Å². The fraction of sp³-hybridized carbons (Fsp3) is 0.632. The van der Waals surface area contributed by atoms with Crippen LogP contribution in [0.5, 0.6) is 11.5 Å². The zero-order chi connectivity index (χ0) is 17.4. The first-order valence-electron chi connectivity index (χ1n) is 8.64. The second-order valence-corrected chi connectivity index (χ2v) is 7.73. The third-order valence-corrected chi connectivity index (χ3v) is 4.77. The van der Waals surface area contributed by atoms with E-state index in [1.54, 1.807) is 12.0 Å². The van der Waals surface area contributed by atoms with Crippen LogP contribution >= 0.6 is 0 Å². The van der Waals surface area contributed by atoms with Crippen LogP contribution in [0.4, 0.5) is 4.79 Å². The number of hydrogen-bond acceptors (Lipinski definition) is 4. The second-order valence-electron chi connectivity index (χ2n) is 7.73. The topological polar surface area (TPSA) is 48.0 Å². The quantitative estimate of drug-likeness (QED) is 0.784. The van der Waals surface area contributed by atoms with Crippen molar-refractivity contribution < 1.29 is 19.0 Å². The van der Waals surface area contributed by atoms with Gasteiger partial charge in [-0.2, -0.15) is 0 Å². The first-order chi connectivity index (χ1) is 11.3. The van der Waals surface area contributed by atoms with Crippen molar-refractivity contribution in [2.45, 2.75) is 57.7 Å². The summed E-state index contributed by atoms with van der Waals surface area (Å²) in [7, 11) is 1.68. The molecule has 0 N–H and O–H groups in total. The van der Waals surface area contributed by atoms with Crippen LogP contribution in [0.25, 0.3) is 0 Å². The van der Waals surface area contributed by atoms with E-state index < -0.39 is 5.60 Å². The molecule has 0 unspecified atom stereocenters. The number of piperidine rings is 1. The lowest BCUT2D eigenvalue weighted by atomic mass is 9.83. The van der Waals surface area contributed by atoms with E-state index in [0.29, 0.717) is 13.1 Å². The third kappa shape index (κ3) is 3.60. The van der Waals surface area contributed by atoms with Gasteiger partial charge in [-0.05, 0) is 57.4 Å². The minimum absolute atomic E-state index is 0.153. The Kier molecular flexibility index (Phi) is 4.37. The van der Waals surface area contributed by atoms with E-state index in [1.807, 2.05) is 32.9 Å². The van der Waals surface area contributed by atoms with Gasteiger partial charge in [0.05, 0.1) is 7.11 Å². The summed E-state index contributed by atoms with van der Waals surface area (Å²) in [5, 5.41) is 0. The molecule has 1 aromatic carbocycles. The number of fused-ring (bicyclic) bond motifs is 1. The highest BCUT2D eigenvalue weighted by molar-refractivity contribution is 5.68. The van der Waals surface area contributed by atoms with Crippen molar-refractivity contribution in [3.63, 3.8) is 0 Å². The van der Waals surface area contributed by atoms with Gasteiger partial charge in [0.1, 0.15) is 22.7 Å². The summed E-state index contributed by atoms with van der Waals surface area (Å²) >= 11 is 0. The molecule has 0 saturated carbocycles. The molecule has 0 radical (unpaired) electrons. The highest BCUT2D eigenvalue weighted by Gasteiger charge is 2.41. The molecule has 5 heteroatoms. The van der Waals surface area contributed by atoms with Crippen molar-refractivity contribution in [2.24, 2.45) is 0 Å². The summed E-state index contributed by atoms with van der Waals surface area (Å²) in [4.78, 5) is 14.0. The molecule has 2 aliphatic heterocycles. The molecule has 2 aliphatic rings. The average molecular weight is 333 g/mol. The number of rotatable bonds is 1. The van der Waals surface area contributed by atoms with Crippen LogP contribution in [0.15, 0.2) is 18.2 Å². The third-order valence-electron chi connectivity index (χ3n) is 4.77. The Morgan fingerprint density at radius 2 is 1.92 bits per heavy atom. The van der Waals surface area contributed by atoms with Crippen molar-refractivity contribution in [3.05, 3.63) is 23.8 Å². The van der Waals surface area contributed by atoms with E-state index in [1.165, 1.54) is 5.56 Å². The van der Waals surface area contributed by atoms with Crippen LogP contribution in [0.3, 0.4) is 0 Å². The predicted octanol–water partition coefficient (Wildman–Crippen LogP) is 3.79. The highest BCUT2D eigenvalue weighted by Crippen LogP contribution is 2.40. The molecule has 132 valence electrons. The van der Waals surface area contributed by atoms with E-state index >= 15 is 0 Å². The maximum absolute atomic E-state index is 12.2. The number of carbonyl (C=O) groups excluding carboxylic acids is 1. The molecule has 0 bridgehead atoms. The summed E-state index contributed by atoms with van der Waals surface area (Å²) in [6.07, 6.45) is 3.43. The van der Waals surface area contributed by atoms with E-state index in [9.17, 15) is 4.79 Å². The van der Waals surface area contributed by atoms with Crippen molar-refractivity contribution >= 4 is 6.09 Å². The molecule has 2 heterocycles. The van der Waals surface area contributed by atoms with Crippen molar-refractivity contribution in [1.82, 2.24) is 4.90 Å². The highest BCUT2D eigenvalue weighted by atomic mass is 16.6. The second kappa shape index (κ2) is 6.19. The number of hydrogen-bond donors (Lipinski definition) is 0. The normalized spacial score (nSPS) is 19.4. The Bertz CT molecular complexity index is 612. The molecular formula is C19H27NO4. The van der Waals surface area contributed by atoms with Crippen LogP contribution in [0.2, 0.25) is 0 Å². The van der Waals surface area contributed by atoms with E-state index in [0.717, 1.165) is 37.2 Å². The van der Waals surface area contributed by atoms with Gasteiger partial charge < -0.3 is 19.1 Å². The molecule has 0 aliphatic carbocycles. The fourth-order valence-electron chi connectivity index (χ4n) is 3.40. The van der Waals surface area contributed by atoms with Gasteiger partial charge >= 0.3 is 6.09 Å². The average Bonchev–Trinajstić information content (AvgIpc) is 2.53. The van der Waals surface area contributed by atoms with Crippen LogP contribution in [-0.2, 0) is 11.2 Å².